The molecule has 2 aromatic rings. The van der Waals surface area contributed by atoms with Crippen molar-refractivity contribution in [1.82, 2.24) is 4.90 Å². The van der Waals surface area contributed by atoms with Crippen LogP contribution in [0.5, 0.6) is 0 Å². The second-order valence-electron chi connectivity index (χ2n) is 7.71. The maximum atomic E-state index is 11.6. The van der Waals surface area contributed by atoms with E-state index in [2.05, 4.69) is 17.0 Å². The van der Waals surface area contributed by atoms with E-state index in [9.17, 15) is 5.11 Å². The van der Waals surface area contributed by atoms with Gasteiger partial charge >= 0.3 is 0 Å². The zero-order valence-corrected chi connectivity index (χ0v) is 17.4. The van der Waals surface area contributed by atoms with Gasteiger partial charge in [-0.2, -0.15) is 0 Å². The Morgan fingerprint density at radius 1 is 1.11 bits per heavy atom. The van der Waals surface area contributed by atoms with Crippen LogP contribution in [0.15, 0.2) is 48.5 Å². The van der Waals surface area contributed by atoms with Crippen LogP contribution in [-0.2, 0) is 16.9 Å². The lowest BCUT2D eigenvalue weighted by atomic mass is 9.70. The number of hydrogen-bond acceptors (Lipinski definition) is 3. The van der Waals surface area contributed by atoms with Crippen LogP contribution in [0.2, 0.25) is 10.0 Å². The van der Waals surface area contributed by atoms with Crippen LogP contribution in [0.4, 0.5) is 0 Å². The first kappa shape index (κ1) is 20.6. The molecule has 3 atom stereocenters. The van der Waals surface area contributed by atoms with Gasteiger partial charge in [-0.05, 0) is 56.6 Å². The fraction of sp³-hybridized carbons (Fsp3) is 0.455. The van der Waals surface area contributed by atoms with Crippen molar-refractivity contribution >= 4 is 23.2 Å². The molecule has 1 aliphatic rings. The van der Waals surface area contributed by atoms with Crippen molar-refractivity contribution in [2.75, 3.05) is 20.6 Å². The number of benzene rings is 2. The minimum absolute atomic E-state index is 0.0549. The first-order chi connectivity index (χ1) is 12.9. The first-order valence-corrected chi connectivity index (χ1v) is 10.1. The zero-order valence-electron chi connectivity index (χ0n) is 15.9. The highest BCUT2D eigenvalue weighted by atomic mass is 35.5. The van der Waals surface area contributed by atoms with E-state index in [4.69, 9.17) is 27.9 Å². The lowest BCUT2D eigenvalue weighted by molar-refractivity contribution is -0.110. The van der Waals surface area contributed by atoms with Crippen molar-refractivity contribution < 1.29 is 9.84 Å². The van der Waals surface area contributed by atoms with Gasteiger partial charge in [0.05, 0.1) is 28.4 Å². The first-order valence-electron chi connectivity index (χ1n) is 9.36. The Balaban J connectivity index is 1.75. The summed E-state index contributed by atoms with van der Waals surface area (Å²) in [5.41, 5.74) is 1.09. The van der Waals surface area contributed by atoms with Crippen LogP contribution in [0.3, 0.4) is 0 Å². The van der Waals surface area contributed by atoms with Crippen molar-refractivity contribution in [3.05, 3.63) is 69.7 Å². The van der Waals surface area contributed by atoms with Gasteiger partial charge in [-0.15, -0.1) is 0 Å². The third-order valence-corrected chi connectivity index (χ3v) is 6.14. The lowest BCUT2D eigenvalue weighted by Gasteiger charge is -2.44. The fourth-order valence-electron chi connectivity index (χ4n) is 3.97. The summed E-state index contributed by atoms with van der Waals surface area (Å²) in [6.07, 6.45) is 2.40. The van der Waals surface area contributed by atoms with E-state index >= 15 is 0 Å². The fourth-order valence-corrected chi connectivity index (χ4v) is 4.26. The van der Waals surface area contributed by atoms with Crippen LogP contribution < -0.4 is 0 Å². The Bertz CT molecular complexity index is 753. The van der Waals surface area contributed by atoms with Crippen LogP contribution in [-0.4, -0.2) is 36.8 Å². The van der Waals surface area contributed by atoms with Crippen molar-refractivity contribution in [3.8, 4) is 0 Å². The maximum absolute atomic E-state index is 11.6. The number of halogens is 2. The standard InChI is InChI=1S/C22H27Cl2NO2/c1-25(2)14-18-12-19(27-15-16-6-4-3-5-7-16)10-11-22(18,26)17-8-9-20(23)21(24)13-17/h3-9,13,18-19,26H,10-12,14-15H2,1-2H3. The molecule has 0 bridgehead atoms. The van der Waals surface area contributed by atoms with Crippen LogP contribution >= 0.6 is 23.2 Å². The van der Waals surface area contributed by atoms with Crippen LogP contribution in [0, 0.1) is 5.92 Å². The second-order valence-corrected chi connectivity index (χ2v) is 8.52. The molecular formula is C22H27Cl2NO2. The van der Waals surface area contributed by atoms with E-state index in [1.807, 2.05) is 38.4 Å². The average molecular weight is 408 g/mol. The molecule has 0 aliphatic heterocycles. The Hall–Kier alpha value is -1.10. The van der Waals surface area contributed by atoms with Crippen molar-refractivity contribution in [1.29, 1.82) is 0 Å². The minimum Gasteiger partial charge on any atom is -0.385 e. The van der Waals surface area contributed by atoms with E-state index < -0.39 is 5.60 Å². The molecule has 5 heteroatoms. The molecule has 3 nitrogen and oxygen atoms in total. The Morgan fingerprint density at radius 3 is 2.52 bits per heavy atom. The predicted octanol–water partition coefficient (Wildman–Crippen LogP) is 5.13. The molecule has 1 N–H and O–H groups in total. The summed E-state index contributed by atoms with van der Waals surface area (Å²) < 4.78 is 6.18. The van der Waals surface area contributed by atoms with Crippen LogP contribution in [0.1, 0.15) is 30.4 Å². The Labute approximate surface area is 171 Å². The molecule has 2 aromatic carbocycles. The SMILES string of the molecule is CN(C)CC1CC(OCc2ccccc2)CCC1(O)c1ccc(Cl)c(Cl)c1. The van der Waals surface area contributed by atoms with E-state index in [1.54, 1.807) is 12.1 Å². The van der Waals surface area contributed by atoms with E-state index in [0.717, 1.165) is 24.9 Å². The molecule has 1 fully saturated rings. The summed E-state index contributed by atoms with van der Waals surface area (Å²) >= 11 is 12.3. The molecule has 0 saturated heterocycles. The van der Waals surface area contributed by atoms with Crippen molar-refractivity contribution in [2.24, 2.45) is 5.92 Å². The highest BCUT2D eigenvalue weighted by Gasteiger charge is 2.44. The van der Waals surface area contributed by atoms with Crippen LogP contribution in [0.25, 0.3) is 0 Å². The molecule has 1 aliphatic carbocycles. The molecule has 1 saturated carbocycles. The van der Waals surface area contributed by atoms with E-state index in [1.165, 1.54) is 5.56 Å². The Kier molecular flexibility index (Phi) is 6.83. The van der Waals surface area contributed by atoms with Gasteiger partial charge in [0.2, 0.25) is 0 Å². The van der Waals surface area contributed by atoms with E-state index in [0.29, 0.717) is 23.1 Å². The number of ether oxygens (including phenoxy) is 1. The number of rotatable bonds is 6. The number of hydrogen-bond donors (Lipinski definition) is 1. The average Bonchev–Trinajstić information content (AvgIpc) is 2.65. The molecule has 27 heavy (non-hydrogen) atoms. The van der Waals surface area contributed by atoms with Gasteiger partial charge in [-0.1, -0.05) is 59.6 Å². The molecule has 0 radical (unpaired) electrons. The molecule has 0 aromatic heterocycles. The number of nitrogens with zero attached hydrogens (tertiary/aromatic N) is 1. The van der Waals surface area contributed by atoms with Gasteiger partial charge in [-0.25, -0.2) is 0 Å². The summed E-state index contributed by atoms with van der Waals surface area (Å²) in [5.74, 6) is 0.0549. The molecule has 0 amide bonds. The quantitative estimate of drug-likeness (QED) is 0.720. The van der Waals surface area contributed by atoms with Gasteiger partial charge in [0.15, 0.2) is 0 Å². The van der Waals surface area contributed by atoms with Crippen molar-refractivity contribution in [2.45, 2.75) is 37.6 Å². The van der Waals surface area contributed by atoms with Crippen molar-refractivity contribution in [3.63, 3.8) is 0 Å². The van der Waals surface area contributed by atoms with Gasteiger partial charge in [-0.3, -0.25) is 0 Å². The van der Waals surface area contributed by atoms with Gasteiger partial charge in [0, 0.05) is 12.5 Å². The molecular weight excluding hydrogens is 381 g/mol. The largest absolute Gasteiger partial charge is 0.385 e. The molecule has 146 valence electrons. The summed E-state index contributed by atoms with van der Waals surface area (Å²) in [6, 6.07) is 15.7. The predicted molar refractivity (Wildman–Crippen MR) is 111 cm³/mol. The summed E-state index contributed by atoms with van der Waals surface area (Å²) in [4.78, 5) is 2.12. The highest BCUT2D eigenvalue weighted by Crippen LogP contribution is 2.44. The summed E-state index contributed by atoms with van der Waals surface area (Å²) in [6.45, 7) is 1.38. The minimum atomic E-state index is -0.925. The highest BCUT2D eigenvalue weighted by molar-refractivity contribution is 6.42. The molecule has 3 unspecified atom stereocenters. The second kappa shape index (κ2) is 8.93. The van der Waals surface area contributed by atoms with E-state index in [-0.39, 0.29) is 12.0 Å². The third kappa shape index (κ3) is 5.04. The normalized spacial score (nSPS) is 25.7. The topological polar surface area (TPSA) is 32.7 Å². The van der Waals surface area contributed by atoms with Gasteiger partial charge < -0.3 is 14.7 Å². The molecule has 0 heterocycles. The maximum Gasteiger partial charge on any atom is 0.0939 e. The third-order valence-electron chi connectivity index (χ3n) is 5.40. The zero-order chi connectivity index (χ0) is 19.4. The van der Waals surface area contributed by atoms with Gasteiger partial charge in [0.25, 0.3) is 0 Å². The molecule has 0 spiro atoms. The number of aliphatic hydroxyl groups is 1. The molecule has 3 rings (SSSR count). The smallest absolute Gasteiger partial charge is 0.0939 e. The monoisotopic (exact) mass is 407 g/mol. The summed E-state index contributed by atoms with van der Waals surface area (Å²) in [7, 11) is 4.06. The lowest BCUT2D eigenvalue weighted by Crippen LogP contribution is -2.46. The Morgan fingerprint density at radius 2 is 1.85 bits per heavy atom. The van der Waals surface area contributed by atoms with Gasteiger partial charge in [0.1, 0.15) is 0 Å². The summed E-state index contributed by atoms with van der Waals surface area (Å²) in [5, 5.41) is 12.6.